The first-order chi connectivity index (χ1) is 55.1. The molecule has 1 aliphatic rings. The Labute approximate surface area is 682 Å². The fourth-order valence-corrected chi connectivity index (χ4v) is 12.7. The number of pyridine rings is 3. The minimum absolute atomic E-state index is 0.0421. The molecule has 0 saturated carbocycles. The Morgan fingerprint density at radius 1 is 0.313 bits per heavy atom. The molecular formula is C100H121FN10O4. The first-order valence-electron chi connectivity index (χ1n) is 40.7. The molecule has 0 unspecified atom stereocenters. The Morgan fingerprint density at radius 3 is 1.05 bits per heavy atom. The molecule has 0 amide bonds. The van der Waals surface area contributed by atoms with Crippen molar-refractivity contribution in [2.45, 2.75) is 204 Å². The van der Waals surface area contributed by atoms with E-state index < -0.39 is 5.82 Å². The molecule has 0 atom stereocenters. The van der Waals surface area contributed by atoms with Crippen molar-refractivity contribution in [2.75, 3.05) is 18.0 Å². The van der Waals surface area contributed by atoms with Crippen LogP contribution in [0.1, 0.15) is 235 Å². The van der Waals surface area contributed by atoms with Crippen LogP contribution in [-0.2, 0) is 39.3 Å². The summed E-state index contributed by atoms with van der Waals surface area (Å²) in [5.74, 6) is 3.55. The molecule has 14 rings (SSSR count). The predicted octanol–water partition coefficient (Wildman–Crippen LogP) is 21.8. The number of benzene rings is 7. The summed E-state index contributed by atoms with van der Waals surface area (Å²) >= 11 is 0. The van der Waals surface area contributed by atoms with E-state index in [9.17, 15) is 23.6 Å². The summed E-state index contributed by atoms with van der Waals surface area (Å²) in [6, 6.07) is 73.2. The van der Waals surface area contributed by atoms with Crippen LogP contribution in [0.15, 0.2) is 300 Å². The van der Waals surface area contributed by atoms with Gasteiger partial charge in [-0.05, 0) is 188 Å². The van der Waals surface area contributed by atoms with Gasteiger partial charge in [-0.3, -0.25) is 33.5 Å². The van der Waals surface area contributed by atoms with Gasteiger partial charge in [0.05, 0.1) is 51.7 Å². The zero-order valence-corrected chi connectivity index (χ0v) is 70.7. The number of rotatable bonds is 20. The van der Waals surface area contributed by atoms with Crippen LogP contribution in [0.25, 0.3) is 0 Å². The Morgan fingerprint density at radius 2 is 0.687 bits per heavy atom. The smallest absolute Gasteiger partial charge is 0.269 e. The van der Waals surface area contributed by atoms with Crippen molar-refractivity contribution >= 4 is 5.69 Å². The van der Waals surface area contributed by atoms with Crippen LogP contribution in [-0.4, -0.2) is 55.9 Å². The van der Waals surface area contributed by atoms with Gasteiger partial charge in [-0.2, -0.15) is 10.2 Å². The third-order valence-electron chi connectivity index (χ3n) is 20.1. The van der Waals surface area contributed by atoms with Crippen molar-refractivity contribution in [2.24, 2.45) is 0 Å². The minimum Gasteiger partial charge on any atom is -0.372 e. The number of aryl methyl sites for hydroxylation is 2. The summed E-state index contributed by atoms with van der Waals surface area (Å²) in [5.41, 5.74) is 19.9. The number of aromatic nitrogens is 9. The largest absolute Gasteiger partial charge is 0.372 e. The summed E-state index contributed by atoms with van der Waals surface area (Å²) in [7, 11) is 0. The second-order valence-electron chi connectivity index (χ2n) is 31.9. The molecular weight excluding hydrogens is 1420 g/mol. The fraction of sp³-hybridized carbons (Fsp3) is 0.330. The third kappa shape index (κ3) is 30.0. The first-order valence-corrected chi connectivity index (χ1v) is 40.7. The van der Waals surface area contributed by atoms with Gasteiger partial charge in [0.25, 0.3) is 22.2 Å². The summed E-state index contributed by atoms with van der Waals surface area (Å²) in [4.78, 5) is 52.7. The highest BCUT2D eigenvalue weighted by atomic mass is 19.1. The number of hydrogen-bond donors (Lipinski definition) is 0. The average Bonchev–Trinajstić information content (AvgIpc) is 1.47. The van der Waals surface area contributed by atoms with E-state index in [0.717, 1.165) is 40.9 Å². The van der Waals surface area contributed by atoms with Crippen LogP contribution in [0.2, 0.25) is 0 Å². The van der Waals surface area contributed by atoms with Gasteiger partial charge in [0, 0.05) is 86.6 Å². The SMILES string of the molecule is CC(C)c1ccc(Cn2cc(F)ccc2=O)cc1.CC(C)c1ccc(Cn2ccccc2=O)cc1.CC(C)c1ccc(Cn2cccn2)cc1.CC(C)c1ccc(Cn2ccncc2=O)cc1.CC(C)c1ccc(N2CCCC2)cc1.Cc1ccn(Cc2ccc(C(C)C)cc2)c(=O)c1.Cc1cnn(Cc2ccc(C(C)C)cc2)c1. The summed E-state index contributed by atoms with van der Waals surface area (Å²) in [6.45, 7) is 41.1. The quantitative estimate of drug-likeness (QED) is 0.0735. The topological polar surface area (TPSA) is 140 Å². The molecule has 602 valence electrons. The first kappa shape index (κ1) is 89.0. The van der Waals surface area contributed by atoms with Crippen LogP contribution in [0, 0.1) is 19.7 Å². The second kappa shape index (κ2) is 45.3. The lowest BCUT2D eigenvalue weighted by Crippen LogP contribution is -2.19. The summed E-state index contributed by atoms with van der Waals surface area (Å²) in [5, 5.41) is 8.47. The Balaban J connectivity index is 0.000000168. The molecule has 115 heavy (non-hydrogen) atoms. The number of hydrogen-bond acceptors (Lipinski definition) is 8. The van der Waals surface area contributed by atoms with E-state index in [2.05, 4.69) is 276 Å². The Bertz CT molecular complexity index is 5120. The van der Waals surface area contributed by atoms with Gasteiger partial charge in [-0.1, -0.05) is 261 Å². The highest BCUT2D eigenvalue weighted by molar-refractivity contribution is 5.49. The van der Waals surface area contributed by atoms with Crippen LogP contribution in [0.4, 0.5) is 10.1 Å². The van der Waals surface area contributed by atoms with E-state index >= 15 is 0 Å². The maximum absolute atomic E-state index is 13.1. The molecule has 1 saturated heterocycles. The van der Waals surface area contributed by atoms with E-state index in [4.69, 9.17) is 0 Å². The maximum atomic E-state index is 13.1. The predicted molar refractivity (Wildman–Crippen MR) is 474 cm³/mol. The van der Waals surface area contributed by atoms with Crippen molar-refractivity contribution < 1.29 is 4.39 Å². The molecule has 1 aliphatic heterocycles. The van der Waals surface area contributed by atoms with Gasteiger partial charge in [0.2, 0.25) is 0 Å². The fourth-order valence-electron chi connectivity index (χ4n) is 12.7. The zero-order chi connectivity index (χ0) is 82.9. The molecule has 15 heteroatoms. The number of halogens is 1. The van der Waals surface area contributed by atoms with Crippen LogP contribution >= 0.6 is 0 Å². The van der Waals surface area contributed by atoms with Crippen LogP contribution in [0.3, 0.4) is 0 Å². The molecule has 6 aromatic heterocycles. The average molecular weight is 1550 g/mol. The van der Waals surface area contributed by atoms with Crippen LogP contribution in [0.5, 0.6) is 0 Å². The van der Waals surface area contributed by atoms with Gasteiger partial charge >= 0.3 is 0 Å². The standard InChI is InChI=1S/C16H19NO.C15H16FNO.C15H17NO.C14H16N2O.C14H18N2.C13H16N2.C13H19N/c1-12(2)15-6-4-14(5-7-15)11-17-9-8-13(3)10-16(17)18;1-11(2)13-5-3-12(4-6-13)9-17-10-14(16)7-8-15(17)18;1-12(2)14-8-6-13(7-9-14)11-16-10-4-3-5-15(16)17;1-11(2)13-5-3-12(4-6-13)10-16-8-7-15-9-14(16)17;1-11(2)14-6-4-13(5-7-14)10-16-9-12(3)8-15-16;1-11(2)13-6-4-12(5-7-13)10-15-9-3-8-14-15;1-11(2)12-5-7-13(8-6-12)14-9-3-4-10-14/h4-10,12H,11H2,1-3H3;3-8,10-11H,9H2,1-2H3;3-10,12H,11H2,1-2H3;3-9,11H,10H2,1-2H3;4-9,11H,10H2,1-3H3;3-9,11H,10H2,1-2H3;5-8,11H,3-4,9-10H2,1-2H3. The van der Waals surface area contributed by atoms with Crippen LogP contribution < -0.4 is 27.1 Å². The molecule has 7 heterocycles. The molecule has 0 N–H and O–H groups in total. The van der Waals surface area contributed by atoms with E-state index in [1.807, 2.05) is 89.7 Å². The monoisotopic (exact) mass is 1540 g/mol. The highest BCUT2D eigenvalue weighted by Crippen LogP contribution is 2.25. The number of anilines is 1. The zero-order valence-electron chi connectivity index (χ0n) is 70.7. The Hall–Kier alpha value is -11.6. The van der Waals surface area contributed by atoms with Gasteiger partial charge in [-0.15, -0.1) is 0 Å². The molecule has 0 radical (unpaired) electrons. The van der Waals surface area contributed by atoms with Crippen molar-refractivity contribution in [3.05, 3.63) is 411 Å². The van der Waals surface area contributed by atoms with Crippen molar-refractivity contribution in [3.8, 4) is 0 Å². The van der Waals surface area contributed by atoms with E-state index in [1.165, 1.54) is 116 Å². The molecule has 1 fully saturated rings. The summed E-state index contributed by atoms with van der Waals surface area (Å²) in [6.07, 6.45) is 20.0. The van der Waals surface area contributed by atoms with Gasteiger partial charge in [0.15, 0.2) is 0 Å². The molecule has 13 aromatic rings. The molecule has 0 spiro atoms. The lowest BCUT2D eigenvalue weighted by Gasteiger charge is -2.18. The molecule has 7 aromatic carbocycles. The third-order valence-corrected chi connectivity index (χ3v) is 20.1. The lowest BCUT2D eigenvalue weighted by atomic mass is 10.0. The van der Waals surface area contributed by atoms with E-state index in [1.54, 1.807) is 44.3 Å². The van der Waals surface area contributed by atoms with Crippen molar-refractivity contribution in [3.63, 3.8) is 0 Å². The number of nitrogens with zero attached hydrogens (tertiary/aromatic N) is 10. The minimum atomic E-state index is -0.395. The maximum Gasteiger partial charge on any atom is 0.269 e. The van der Waals surface area contributed by atoms with Crippen molar-refractivity contribution in [1.82, 2.24) is 42.8 Å². The second-order valence-corrected chi connectivity index (χ2v) is 31.9. The normalized spacial score (nSPS) is 11.6. The molecule has 14 nitrogen and oxygen atoms in total. The van der Waals surface area contributed by atoms with E-state index in [-0.39, 0.29) is 22.2 Å². The van der Waals surface area contributed by atoms with Gasteiger partial charge < -0.3 is 23.2 Å². The Kier molecular flexibility index (Phi) is 35.1. The summed E-state index contributed by atoms with van der Waals surface area (Å²) < 4.78 is 23.4. The molecule has 0 bridgehead atoms. The lowest BCUT2D eigenvalue weighted by molar-refractivity contribution is 0.595. The highest BCUT2D eigenvalue weighted by Gasteiger charge is 2.13. The molecule has 0 aliphatic carbocycles. The van der Waals surface area contributed by atoms with Crippen molar-refractivity contribution in [1.29, 1.82) is 0 Å². The van der Waals surface area contributed by atoms with Gasteiger partial charge in [-0.25, -0.2) is 4.39 Å². The van der Waals surface area contributed by atoms with E-state index in [0.29, 0.717) is 67.6 Å². The van der Waals surface area contributed by atoms with Gasteiger partial charge in [0.1, 0.15) is 5.82 Å².